The van der Waals surface area contributed by atoms with E-state index in [1.165, 1.54) is 0 Å². The molecule has 1 aliphatic rings. The molecule has 2 nitrogen and oxygen atoms in total. The van der Waals surface area contributed by atoms with Crippen molar-refractivity contribution in [3.63, 3.8) is 0 Å². The highest BCUT2D eigenvalue weighted by Gasteiger charge is 2.37. The Morgan fingerprint density at radius 2 is 1.02 bits per heavy atom. The van der Waals surface area contributed by atoms with Crippen LogP contribution in [0.1, 0.15) is 48.3 Å². The molecule has 0 spiro atoms. The fraction of sp³-hybridized carbons (Fsp3) is 0.0492. The highest BCUT2D eigenvalue weighted by Crippen LogP contribution is 2.52. The van der Waals surface area contributed by atoms with Crippen molar-refractivity contribution in [2.75, 3.05) is 4.90 Å². The van der Waals surface area contributed by atoms with Crippen LogP contribution in [0.5, 0.6) is 0 Å². The Bertz CT molecular complexity index is 4450. The van der Waals surface area contributed by atoms with Crippen molar-refractivity contribution in [2.24, 2.45) is 0 Å². The molecule has 0 atom stereocenters. The summed E-state index contributed by atoms with van der Waals surface area (Å²) < 4.78 is 163. The molecule has 0 saturated heterocycles. The van der Waals surface area contributed by atoms with Gasteiger partial charge >= 0.3 is 0 Å². The van der Waals surface area contributed by atoms with Crippen LogP contribution in [0.2, 0.25) is 0 Å². The molecular formula is C61H43NO. The van der Waals surface area contributed by atoms with E-state index in [2.05, 4.69) is 0 Å². The number of hydrogen-bond donors (Lipinski definition) is 0. The third kappa shape index (κ3) is 6.09. The van der Waals surface area contributed by atoms with Crippen LogP contribution < -0.4 is 4.90 Å². The lowest BCUT2D eigenvalue weighted by molar-refractivity contribution is 0.662. The van der Waals surface area contributed by atoms with Crippen molar-refractivity contribution < 1.29 is 27.7 Å². The van der Waals surface area contributed by atoms with Crippen LogP contribution in [-0.2, 0) is 5.41 Å². The van der Waals surface area contributed by atoms with Crippen LogP contribution in [0.15, 0.2) is 228 Å². The molecule has 1 aromatic heterocycles. The second kappa shape index (κ2) is 14.6. The van der Waals surface area contributed by atoms with Gasteiger partial charge in [0.2, 0.25) is 0 Å². The van der Waals surface area contributed by atoms with E-state index in [0.29, 0.717) is 27.9 Å². The third-order valence-corrected chi connectivity index (χ3v) is 11.9. The van der Waals surface area contributed by atoms with E-state index in [1.807, 2.05) is 111 Å². The van der Waals surface area contributed by atoms with Gasteiger partial charge in [-0.2, -0.15) is 0 Å². The maximum Gasteiger partial charge on any atom is 0.143 e. The number of hydrogen-bond acceptors (Lipinski definition) is 2. The molecule has 11 aromatic rings. The maximum absolute atomic E-state index is 9.91. The molecule has 0 bridgehead atoms. The molecule has 63 heavy (non-hydrogen) atoms. The van der Waals surface area contributed by atoms with Crippen LogP contribution in [0, 0.1) is 0 Å². The molecule has 0 saturated carbocycles. The highest BCUT2D eigenvalue weighted by molar-refractivity contribution is 6.19. The van der Waals surface area contributed by atoms with E-state index in [9.17, 15) is 13.7 Å². The number of furan rings is 1. The summed E-state index contributed by atoms with van der Waals surface area (Å²) in [4.78, 5) is 1.16. The second-order valence-electron chi connectivity index (χ2n) is 15.9. The highest BCUT2D eigenvalue weighted by atomic mass is 16.3. The molecule has 298 valence electrons. The molecule has 12 rings (SSSR count). The molecular weight excluding hydrogens is 763 g/mol. The van der Waals surface area contributed by atoms with E-state index < -0.39 is 142 Å². The number of benzene rings is 10. The Morgan fingerprint density at radius 1 is 0.429 bits per heavy atom. The summed E-state index contributed by atoms with van der Waals surface area (Å²) in [5.74, 6) is 0. The van der Waals surface area contributed by atoms with E-state index >= 15 is 0 Å². The second-order valence-corrected chi connectivity index (χ2v) is 15.9. The Labute approximate surface area is 391 Å². The monoisotopic (exact) mass is 822 g/mol. The third-order valence-electron chi connectivity index (χ3n) is 11.9. The molecule has 2 heteroatoms. The minimum atomic E-state index is -0.881. The van der Waals surface area contributed by atoms with E-state index in [4.69, 9.17) is 14.0 Å². The summed E-state index contributed by atoms with van der Waals surface area (Å²) in [7, 11) is 0. The van der Waals surface area contributed by atoms with Gasteiger partial charge in [-0.05, 0) is 121 Å². The first-order chi connectivity index (χ1) is 38.1. The quantitative estimate of drug-likeness (QED) is 0.159. The Hall–Kier alpha value is -7.94. The Morgan fingerprint density at radius 3 is 1.78 bits per heavy atom. The van der Waals surface area contributed by atoms with Crippen molar-refractivity contribution in [2.45, 2.75) is 19.3 Å². The first-order valence-electron chi connectivity index (χ1n) is 29.0. The summed E-state index contributed by atoms with van der Waals surface area (Å²) in [6, 6.07) is 24.9. The average molecular weight is 823 g/mol. The molecule has 0 amide bonds. The minimum Gasteiger partial charge on any atom is -0.455 e. The lowest BCUT2D eigenvalue weighted by Crippen LogP contribution is -2.16. The summed E-state index contributed by atoms with van der Waals surface area (Å²) in [6.45, 7) is 4.08. The standard InChI is InChI=1S/C61H43NO/c1-61(2)56-23-9-8-19-53(56)54-22-11-21-51(59(54)61)45-31-36-48(37-32-45)62(47-34-29-43(30-35-47)42-27-25-41(26-28-42)40-13-4-3-5-14-40)49-17-10-16-46(39-49)50-20-12-24-57-58(50)55-38-33-44-15-6-7-18-52(44)60(55)63-57/h3-39H,1-2H3/i3D,4D,5D,13D,14D,25D,26D,27D,28D,29D,30D,31D,32D,34D,35D,36D,37D. The molecule has 0 aliphatic heterocycles. The van der Waals surface area contributed by atoms with Crippen LogP contribution in [0.3, 0.4) is 0 Å². The van der Waals surface area contributed by atoms with Gasteiger partial charge in [0.25, 0.3) is 0 Å². The number of nitrogens with zero attached hydrogens (tertiary/aromatic N) is 1. The predicted octanol–water partition coefficient (Wildman–Crippen LogP) is 17.2. The smallest absolute Gasteiger partial charge is 0.143 e. The van der Waals surface area contributed by atoms with Crippen molar-refractivity contribution in [1.82, 2.24) is 0 Å². The maximum atomic E-state index is 9.91. The Kier molecular flexibility index (Phi) is 5.41. The van der Waals surface area contributed by atoms with Crippen molar-refractivity contribution in [3.05, 3.63) is 235 Å². The summed E-state index contributed by atoms with van der Waals surface area (Å²) in [6.07, 6.45) is 0. The molecule has 0 radical (unpaired) electrons. The van der Waals surface area contributed by atoms with Gasteiger partial charge in [0.1, 0.15) is 11.2 Å². The van der Waals surface area contributed by atoms with E-state index in [1.54, 1.807) is 24.3 Å². The molecule has 1 heterocycles. The Balaban J connectivity index is 1.11. The summed E-state index contributed by atoms with van der Waals surface area (Å²) >= 11 is 0. The number of fused-ring (bicyclic) bond motifs is 8. The normalized spacial score (nSPS) is 16.5. The predicted molar refractivity (Wildman–Crippen MR) is 265 cm³/mol. The van der Waals surface area contributed by atoms with Crippen molar-refractivity contribution in [3.8, 4) is 55.6 Å². The van der Waals surface area contributed by atoms with Crippen LogP contribution in [-0.4, -0.2) is 0 Å². The fourth-order valence-corrected chi connectivity index (χ4v) is 9.07. The van der Waals surface area contributed by atoms with E-state index in [0.717, 1.165) is 48.7 Å². The van der Waals surface area contributed by atoms with Crippen molar-refractivity contribution >= 4 is 49.8 Å². The van der Waals surface area contributed by atoms with Gasteiger partial charge in [0.05, 0.1) is 23.3 Å². The first-order valence-corrected chi connectivity index (χ1v) is 20.5. The zero-order chi connectivity index (χ0) is 56.9. The molecule has 0 fully saturated rings. The zero-order valence-electron chi connectivity index (χ0n) is 50.9. The molecule has 0 N–H and O–H groups in total. The largest absolute Gasteiger partial charge is 0.455 e. The molecule has 10 aromatic carbocycles. The number of anilines is 3. The fourth-order valence-electron chi connectivity index (χ4n) is 9.07. The summed E-state index contributed by atoms with van der Waals surface area (Å²) in [5.41, 5.74) is 2.63. The van der Waals surface area contributed by atoms with Gasteiger partial charge in [0.15, 0.2) is 0 Å². The van der Waals surface area contributed by atoms with Crippen LogP contribution in [0.4, 0.5) is 17.1 Å². The average Bonchev–Trinajstić information content (AvgIpc) is 3.96. The SMILES string of the molecule is [2H]c1c([2H])c([2H])c(-c2c([2H])c([2H])c(-c3c([2H])c([2H])c(N(c4cccc(-c5cccc6oc7c8ccccc8ccc7c56)c4)c4c([2H])c([2H])c(-c5cccc6c5C(C)(C)c5ccccc5-6)c([2H])c4[2H])c([2H])c3[2H])c([2H])c2[2H])c([2H])c1[2H]. The minimum absolute atomic E-state index is 0.00604. The van der Waals surface area contributed by atoms with Gasteiger partial charge in [0, 0.05) is 38.6 Å². The van der Waals surface area contributed by atoms with E-state index in [-0.39, 0.29) is 11.3 Å². The van der Waals surface area contributed by atoms with Gasteiger partial charge in [-0.15, -0.1) is 0 Å². The van der Waals surface area contributed by atoms with Gasteiger partial charge in [-0.1, -0.05) is 189 Å². The lowest BCUT2D eigenvalue weighted by Gasteiger charge is -2.27. The van der Waals surface area contributed by atoms with Crippen molar-refractivity contribution in [1.29, 1.82) is 0 Å². The van der Waals surface area contributed by atoms with Gasteiger partial charge < -0.3 is 9.32 Å². The van der Waals surface area contributed by atoms with Crippen LogP contribution in [0.25, 0.3) is 88.3 Å². The van der Waals surface area contributed by atoms with Gasteiger partial charge in [-0.3, -0.25) is 0 Å². The zero-order valence-corrected chi connectivity index (χ0v) is 33.9. The molecule has 0 unspecified atom stereocenters. The summed E-state index contributed by atoms with van der Waals surface area (Å²) in [5, 5.41) is 3.45. The number of rotatable bonds is 7. The topological polar surface area (TPSA) is 16.4 Å². The molecule has 1 aliphatic carbocycles. The first kappa shape index (κ1) is 23.3. The van der Waals surface area contributed by atoms with Gasteiger partial charge in [-0.25, -0.2) is 0 Å². The van der Waals surface area contributed by atoms with Crippen LogP contribution >= 0.6 is 0 Å². The lowest BCUT2D eigenvalue weighted by atomic mass is 9.79.